The van der Waals surface area contributed by atoms with Gasteiger partial charge in [0.15, 0.2) is 0 Å². The number of rotatable bonds is 6. The molecular formula is C10H12F3NO3Si. The van der Waals surface area contributed by atoms with E-state index in [1.54, 1.807) is 6.92 Å². The smallest absolute Gasteiger partial charge is 0.491 e. The first-order valence-electron chi connectivity index (χ1n) is 5.26. The number of nitro benzene ring substituents is 1. The fourth-order valence-corrected chi connectivity index (χ4v) is 2.04. The molecule has 0 aliphatic rings. The van der Waals surface area contributed by atoms with Gasteiger partial charge in [-0.1, -0.05) is 0 Å². The minimum Gasteiger partial charge on any atom is -0.491 e. The Morgan fingerprint density at radius 1 is 1.33 bits per heavy atom. The van der Waals surface area contributed by atoms with Crippen molar-refractivity contribution in [1.29, 1.82) is 0 Å². The fraction of sp³-hybridized carbons (Fsp3) is 0.400. The van der Waals surface area contributed by atoms with Crippen molar-refractivity contribution >= 4 is 14.8 Å². The average Bonchev–Trinajstić information content (AvgIpc) is 2.26. The van der Waals surface area contributed by atoms with Gasteiger partial charge in [0.25, 0.3) is 5.69 Å². The Labute approximate surface area is 103 Å². The number of hydrogen-bond acceptors (Lipinski definition) is 3. The molecule has 1 aromatic rings. The number of benzene rings is 1. The molecule has 0 aliphatic carbocycles. The lowest BCUT2D eigenvalue weighted by Crippen LogP contribution is -2.20. The SMILES string of the molecule is CC(CC[Si](F)(F)F)Oc1ccc([N+](=O)[O-])cc1. The standard InChI is InChI=1S/C10H12F3NO3Si/c1-8(6-7-18(11,12)13)17-10-4-2-9(3-5-10)14(15)16/h2-5,8H,6-7H2,1H3. The van der Waals surface area contributed by atoms with Crippen LogP contribution in [0.1, 0.15) is 13.3 Å². The lowest BCUT2D eigenvalue weighted by atomic mass is 10.3. The van der Waals surface area contributed by atoms with Crippen molar-refractivity contribution in [3.05, 3.63) is 34.4 Å². The highest BCUT2D eigenvalue weighted by atomic mass is 28.5. The summed E-state index contributed by atoms with van der Waals surface area (Å²) in [7, 11) is -5.53. The van der Waals surface area contributed by atoms with E-state index in [0.717, 1.165) is 0 Å². The molecule has 0 fully saturated rings. The van der Waals surface area contributed by atoms with Crippen LogP contribution < -0.4 is 4.74 Å². The van der Waals surface area contributed by atoms with Gasteiger partial charge in [-0.2, -0.15) is 0 Å². The third kappa shape index (κ3) is 5.17. The van der Waals surface area contributed by atoms with Crippen molar-refractivity contribution < 1.29 is 22.0 Å². The molecule has 0 saturated heterocycles. The highest BCUT2D eigenvalue weighted by Gasteiger charge is 2.36. The number of nitrogens with zero attached hydrogens (tertiary/aromatic N) is 1. The second-order valence-corrected chi connectivity index (χ2v) is 5.56. The zero-order valence-electron chi connectivity index (χ0n) is 9.61. The molecule has 1 atom stereocenters. The first-order valence-corrected chi connectivity index (χ1v) is 7.10. The molecule has 1 aromatic carbocycles. The Morgan fingerprint density at radius 2 is 1.89 bits per heavy atom. The van der Waals surface area contributed by atoms with Crippen LogP contribution in [0.5, 0.6) is 5.75 Å². The largest absolute Gasteiger partial charge is 0.616 e. The van der Waals surface area contributed by atoms with Crippen LogP contribution in [0, 0.1) is 10.1 Å². The predicted molar refractivity (Wildman–Crippen MR) is 61.7 cm³/mol. The molecule has 18 heavy (non-hydrogen) atoms. The summed E-state index contributed by atoms with van der Waals surface area (Å²) in [4.78, 5) is 9.84. The molecule has 4 nitrogen and oxygen atoms in total. The van der Waals surface area contributed by atoms with Crippen LogP contribution in [0.2, 0.25) is 6.04 Å². The van der Waals surface area contributed by atoms with Crippen molar-refractivity contribution in [3.63, 3.8) is 0 Å². The Kier molecular flexibility index (Phi) is 4.71. The monoisotopic (exact) mass is 279 g/mol. The van der Waals surface area contributed by atoms with E-state index in [0.29, 0.717) is 5.75 Å². The Bertz CT molecular complexity index is 408. The summed E-state index contributed by atoms with van der Waals surface area (Å²) >= 11 is 0. The van der Waals surface area contributed by atoms with E-state index in [2.05, 4.69) is 0 Å². The van der Waals surface area contributed by atoms with Gasteiger partial charge in [-0.25, -0.2) is 12.3 Å². The van der Waals surface area contributed by atoms with E-state index in [-0.39, 0.29) is 12.1 Å². The zero-order valence-corrected chi connectivity index (χ0v) is 10.6. The summed E-state index contributed by atoms with van der Waals surface area (Å²) in [5, 5.41) is 10.4. The van der Waals surface area contributed by atoms with E-state index < -0.39 is 26.1 Å². The first-order chi connectivity index (χ1) is 8.28. The van der Waals surface area contributed by atoms with Gasteiger partial charge in [0.2, 0.25) is 0 Å². The van der Waals surface area contributed by atoms with Gasteiger partial charge in [-0.15, -0.1) is 0 Å². The van der Waals surface area contributed by atoms with Gasteiger partial charge < -0.3 is 4.74 Å². The van der Waals surface area contributed by atoms with Crippen molar-refractivity contribution in [3.8, 4) is 5.75 Å². The Balaban J connectivity index is 2.49. The Hall–Kier alpha value is -1.57. The van der Waals surface area contributed by atoms with Gasteiger partial charge in [-0.05, 0) is 25.5 Å². The Morgan fingerprint density at radius 3 is 2.33 bits per heavy atom. The number of ether oxygens (including phenoxy) is 1. The molecule has 100 valence electrons. The minimum atomic E-state index is -5.53. The predicted octanol–water partition coefficient (Wildman–Crippen LogP) is 3.60. The molecular weight excluding hydrogens is 267 g/mol. The van der Waals surface area contributed by atoms with Crippen molar-refractivity contribution in [1.82, 2.24) is 0 Å². The molecule has 0 N–H and O–H groups in total. The van der Waals surface area contributed by atoms with Gasteiger partial charge in [0.1, 0.15) is 5.75 Å². The maximum atomic E-state index is 12.1. The molecule has 0 bridgehead atoms. The highest BCUT2D eigenvalue weighted by Crippen LogP contribution is 2.22. The molecule has 1 unspecified atom stereocenters. The maximum absolute atomic E-state index is 12.1. The van der Waals surface area contributed by atoms with Crippen LogP contribution in [-0.2, 0) is 0 Å². The lowest BCUT2D eigenvalue weighted by Gasteiger charge is -2.14. The number of halogens is 3. The van der Waals surface area contributed by atoms with Crippen LogP contribution in [0.4, 0.5) is 18.0 Å². The van der Waals surface area contributed by atoms with Gasteiger partial charge >= 0.3 is 9.08 Å². The normalized spacial score (nSPS) is 13.1. The molecule has 0 heterocycles. The third-order valence-corrected chi connectivity index (χ3v) is 3.07. The second-order valence-electron chi connectivity index (χ2n) is 3.83. The summed E-state index contributed by atoms with van der Waals surface area (Å²) in [5.74, 6) is 0.331. The fourth-order valence-electron chi connectivity index (χ4n) is 1.30. The molecule has 0 aliphatic heterocycles. The average molecular weight is 279 g/mol. The second kappa shape index (κ2) is 5.85. The van der Waals surface area contributed by atoms with Gasteiger partial charge in [-0.3, -0.25) is 10.1 Å². The van der Waals surface area contributed by atoms with Crippen LogP contribution in [0.3, 0.4) is 0 Å². The van der Waals surface area contributed by atoms with E-state index in [9.17, 15) is 22.4 Å². The lowest BCUT2D eigenvalue weighted by molar-refractivity contribution is -0.384. The van der Waals surface area contributed by atoms with E-state index >= 15 is 0 Å². The molecule has 1 rings (SSSR count). The minimum absolute atomic E-state index is 0.0855. The van der Waals surface area contributed by atoms with Crippen LogP contribution in [0.15, 0.2) is 24.3 Å². The van der Waals surface area contributed by atoms with E-state index in [1.807, 2.05) is 0 Å². The molecule has 0 spiro atoms. The molecule has 0 radical (unpaired) electrons. The summed E-state index contributed by atoms with van der Waals surface area (Å²) in [6.07, 6.45) is -0.659. The molecule has 8 heteroatoms. The first kappa shape index (κ1) is 14.5. The molecule has 0 amide bonds. The molecule has 0 aromatic heterocycles. The number of nitro groups is 1. The summed E-state index contributed by atoms with van der Waals surface area (Å²) in [5.41, 5.74) is -0.0855. The summed E-state index contributed by atoms with van der Waals surface area (Å²) in [6.45, 7) is 1.54. The number of hydrogen-bond donors (Lipinski definition) is 0. The van der Waals surface area contributed by atoms with Gasteiger partial charge in [0.05, 0.1) is 11.0 Å². The quantitative estimate of drug-likeness (QED) is 0.346. The van der Waals surface area contributed by atoms with E-state index in [4.69, 9.17) is 4.74 Å². The summed E-state index contributed by atoms with van der Waals surface area (Å²) in [6, 6.07) is 4.47. The van der Waals surface area contributed by atoms with Gasteiger partial charge in [0, 0.05) is 18.2 Å². The van der Waals surface area contributed by atoms with Crippen molar-refractivity contribution in [2.24, 2.45) is 0 Å². The van der Waals surface area contributed by atoms with E-state index in [1.165, 1.54) is 24.3 Å². The van der Waals surface area contributed by atoms with Crippen molar-refractivity contribution in [2.45, 2.75) is 25.5 Å². The topological polar surface area (TPSA) is 52.4 Å². The zero-order chi connectivity index (χ0) is 13.8. The van der Waals surface area contributed by atoms with Crippen LogP contribution in [0.25, 0.3) is 0 Å². The summed E-state index contributed by atoms with van der Waals surface area (Å²) < 4.78 is 41.6. The van der Waals surface area contributed by atoms with Crippen molar-refractivity contribution in [2.75, 3.05) is 0 Å². The number of non-ortho nitro benzene ring substituents is 1. The maximum Gasteiger partial charge on any atom is 0.616 e. The van der Waals surface area contributed by atoms with Crippen LogP contribution in [-0.4, -0.2) is 20.1 Å². The van der Waals surface area contributed by atoms with Crippen LogP contribution >= 0.6 is 0 Å². The third-order valence-electron chi connectivity index (χ3n) is 2.22. The molecule has 0 saturated carbocycles. The highest BCUT2D eigenvalue weighted by molar-refractivity contribution is 6.58.